The van der Waals surface area contributed by atoms with Crippen LogP contribution in [0.15, 0.2) is 66.9 Å². The molecule has 0 bridgehead atoms. The maximum absolute atomic E-state index is 14.9. The summed E-state index contributed by atoms with van der Waals surface area (Å²) in [7, 11) is 0. The number of aromatic nitrogens is 1. The fourth-order valence-corrected chi connectivity index (χ4v) is 4.47. The number of carbonyl (C=O) groups excluding carboxylic acids is 1. The summed E-state index contributed by atoms with van der Waals surface area (Å²) in [6, 6.07) is 15.2. The highest BCUT2D eigenvalue weighted by Crippen LogP contribution is 2.34. The standard InChI is InChI=1S/C30H27F2N5O5/c1-18(38)29(37-10-12-40-13-11-37)42-28-16-26-23(14-19(28)17-33)27(8-9-34-26)41-22-6-7-25(24(32)15-22)36-30(39)35-21-4-2-20(31)3-5-21/h2-9,14-16,18,29,38H,10-13H2,1H3,(H2,35,36,39). The predicted octanol–water partition coefficient (Wildman–Crippen LogP) is 5.24. The minimum atomic E-state index is -0.839. The van der Waals surface area contributed by atoms with Gasteiger partial charge in [-0.25, -0.2) is 13.6 Å². The minimum absolute atomic E-state index is 0.0944. The second-order valence-electron chi connectivity index (χ2n) is 9.51. The molecule has 42 heavy (non-hydrogen) atoms. The zero-order chi connectivity index (χ0) is 29.6. The molecule has 1 saturated heterocycles. The largest absolute Gasteiger partial charge is 0.471 e. The number of halogens is 2. The van der Waals surface area contributed by atoms with Crippen LogP contribution in [0.25, 0.3) is 10.9 Å². The monoisotopic (exact) mass is 575 g/mol. The van der Waals surface area contributed by atoms with Gasteiger partial charge in [0.05, 0.1) is 30.0 Å². The van der Waals surface area contributed by atoms with Crippen LogP contribution in [0.2, 0.25) is 0 Å². The lowest BCUT2D eigenvalue weighted by molar-refractivity contribution is -0.0941. The van der Waals surface area contributed by atoms with E-state index in [2.05, 4.69) is 21.7 Å². The third-order valence-corrected chi connectivity index (χ3v) is 6.51. The fraction of sp³-hybridized carbons (Fsp3) is 0.233. The van der Waals surface area contributed by atoms with Gasteiger partial charge in [0.2, 0.25) is 0 Å². The fourth-order valence-electron chi connectivity index (χ4n) is 4.47. The molecule has 4 aromatic rings. The Labute approximate surface area is 240 Å². The number of anilines is 2. The van der Waals surface area contributed by atoms with E-state index in [1.165, 1.54) is 42.6 Å². The van der Waals surface area contributed by atoms with Gasteiger partial charge in [-0.3, -0.25) is 9.88 Å². The van der Waals surface area contributed by atoms with Gasteiger partial charge < -0.3 is 30.0 Å². The first kappa shape index (κ1) is 28.7. The van der Waals surface area contributed by atoms with E-state index >= 15 is 0 Å². The second kappa shape index (κ2) is 12.8. The number of nitrogens with zero attached hydrogens (tertiary/aromatic N) is 3. The molecule has 3 aromatic carbocycles. The average molecular weight is 576 g/mol. The Hall–Kier alpha value is -4.83. The van der Waals surface area contributed by atoms with Crippen molar-refractivity contribution in [2.75, 3.05) is 36.9 Å². The number of nitrogens with one attached hydrogen (secondary N) is 2. The molecule has 0 aliphatic carbocycles. The number of hydrogen-bond donors (Lipinski definition) is 3. The lowest BCUT2D eigenvalue weighted by Crippen LogP contribution is -2.51. The van der Waals surface area contributed by atoms with Crippen LogP contribution in [0.3, 0.4) is 0 Å². The first-order valence-corrected chi connectivity index (χ1v) is 13.1. The summed E-state index contributed by atoms with van der Waals surface area (Å²) in [6.45, 7) is 3.79. The van der Waals surface area contributed by atoms with E-state index in [-0.39, 0.29) is 22.7 Å². The van der Waals surface area contributed by atoms with Gasteiger partial charge in [-0.1, -0.05) is 0 Å². The number of aliphatic hydroxyl groups is 1. The third-order valence-electron chi connectivity index (χ3n) is 6.51. The van der Waals surface area contributed by atoms with E-state index in [4.69, 9.17) is 14.2 Å². The maximum Gasteiger partial charge on any atom is 0.323 e. The first-order chi connectivity index (χ1) is 20.3. The summed E-state index contributed by atoms with van der Waals surface area (Å²) >= 11 is 0. The summed E-state index contributed by atoms with van der Waals surface area (Å²) in [5.74, 6) is -0.480. The molecule has 10 nitrogen and oxygen atoms in total. The van der Waals surface area contributed by atoms with E-state index in [1.54, 1.807) is 25.1 Å². The molecular formula is C30H27F2N5O5. The number of nitriles is 1. The van der Waals surface area contributed by atoms with Crippen molar-refractivity contribution < 1.29 is 32.9 Å². The number of ether oxygens (including phenoxy) is 3. The van der Waals surface area contributed by atoms with Gasteiger partial charge in [0.15, 0.2) is 6.23 Å². The highest BCUT2D eigenvalue weighted by Gasteiger charge is 2.28. The Balaban J connectivity index is 1.33. The van der Waals surface area contributed by atoms with Crippen LogP contribution in [-0.2, 0) is 4.74 Å². The number of rotatable bonds is 8. The molecule has 1 fully saturated rings. The first-order valence-electron chi connectivity index (χ1n) is 13.1. The van der Waals surface area contributed by atoms with Crippen LogP contribution in [0.1, 0.15) is 12.5 Å². The quantitative estimate of drug-likeness (QED) is 0.260. The number of urea groups is 1. The zero-order valence-corrected chi connectivity index (χ0v) is 22.5. The minimum Gasteiger partial charge on any atom is -0.471 e. The lowest BCUT2D eigenvalue weighted by atomic mass is 10.1. The number of carbonyl (C=O) groups is 1. The van der Waals surface area contributed by atoms with Crippen LogP contribution >= 0.6 is 0 Å². The van der Waals surface area contributed by atoms with Crippen molar-refractivity contribution in [3.8, 4) is 23.3 Å². The van der Waals surface area contributed by atoms with Gasteiger partial charge in [0, 0.05) is 42.5 Å². The van der Waals surface area contributed by atoms with Crippen LogP contribution in [-0.4, -0.2) is 59.7 Å². The van der Waals surface area contributed by atoms with Crippen molar-refractivity contribution in [1.82, 2.24) is 9.88 Å². The van der Waals surface area contributed by atoms with Crippen molar-refractivity contribution in [3.05, 3.63) is 84.1 Å². The maximum atomic E-state index is 14.9. The predicted molar refractivity (Wildman–Crippen MR) is 150 cm³/mol. The van der Waals surface area contributed by atoms with Gasteiger partial charge >= 0.3 is 6.03 Å². The van der Waals surface area contributed by atoms with Crippen molar-refractivity contribution >= 4 is 28.3 Å². The Kier molecular flexibility index (Phi) is 8.73. The highest BCUT2D eigenvalue weighted by atomic mass is 19.1. The van der Waals surface area contributed by atoms with E-state index < -0.39 is 30.0 Å². The molecule has 1 aliphatic heterocycles. The Morgan fingerprint density at radius 3 is 2.52 bits per heavy atom. The number of hydrogen-bond acceptors (Lipinski definition) is 8. The van der Waals surface area contributed by atoms with Crippen LogP contribution in [0.5, 0.6) is 17.2 Å². The van der Waals surface area contributed by atoms with Gasteiger partial charge in [-0.15, -0.1) is 0 Å². The molecule has 2 heterocycles. The van der Waals surface area contributed by atoms with Crippen LogP contribution in [0, 0.1) is 23.0 Å². The summed E-state index contributed by atoms with van der Waals surface area (Å²) < 4.78 is 45.4. The average Bonchev–Trinajstić information content (AvgIpc) is 2.98. The van der Waals surface area contributed by atoms with Crippen molar-refractivity contribution in [1.29, 1.82) is 5.26 Å². The van der Waals surface area contributed by atoms with E-state index in [9.17, 15) is 23.9 Å². The molecule has 0 spiro atoms. The van der Waals surface area contributed by atoms with Crippen molar-refractivity contribution in [2.45, 2.75) is 19.3 Å². The molecule has 5 rings (SSSR count). The van der Waals surface area contributed by atoms with Gasteiger partial charge in [0.1, 0.15) is 41.1 Å². The molecule has 12 heteroatoms. The molecule has 1 aromatic heterocycles. The van der Waals surface area contributed by atoms with Gasteiger partial charge in [-0.05, 0) is 55.5 Å². The Morgan fingerprint density at radius 2 is 1.83 bits per heavy atom. The number of amides is 2. The molecular weight excluding hydrogens is 548 g/mol. The molecule has 216 valence electrons. The SMILES string of the molecule is CC(O)C(Oc1cc2nccc(Oc3ccc(NC(=O)Nc4ccc(F)cc4)c(F)c3)c2cc1C#N)N1CCOCC1. The topological polar surface area (TPSA) is 129 Å². The van der Waals surface area contributed by atoms with E-state index in [0.29, 0.717) is 48.6 Å². The number of fused-ring (bicyclic) bond motifs is 1. The smallest absolute Gasteiger partial charge is 0.323 e. The molecule has 2 unspecified atom stereocenters. The summed E-state index contributed by atoms with van der Waals surface area (Å²) in [4.78, 5) is 18.6. The number of benzene rings is 3. The van der Waals surface area contributed by atoms with E-state index in [0.717, 1.165) is 6.07 Å². The van der Waals surface area contributed by atoms with Crippen molar-refractivity contribution in [2.24, 2.45) is 0 Å². The molecule has 2 atom stereocenters. The lowest BCUT2D eigenvalue weighted by Gasteiger charge is -2.36. The number of aliphatic hydroxyl groups excluding tert-OH is 1. The number of morpholine rings is 1. The van der Waals surface area contributed by atoms with Crippen LogP contribution < -0.4 is 20.1 Å². The summed E-state index contributed by atoms with van der Waals surface area (Å²) in [5.41, 5.74) is 0.913. The molecule has 1 aliphatic rings. The van der Waals surface area contributed by atoms with Gasteiger partial charge in [-0.2, -0.15) is 5.26 Å². The highest BCUT2D eigenvalue weighted by molar-refractivity contribution is 5.99. The summed E-state index contributed by atoms with van der Waals surface area (Å²) in [5, 5.41) is 25.6. The molecule has 0 saturated carbocycles. The molecule has 2 amide bonds. The third kappa shape index (κ3) is 6.72. The molecule has 3 N–H and O–H groups in total. The summed E-state index contributed by atoms with van der Waals surface area (Å²) in [6.07, 6.45) is -0.0201. The zero-order valence-electron chi connectivity index (χ0n) is 22.5. The Morgan fingerprint density at radius 1 is 1.07 bits per heavy atom. The normalized spacial score (nSPS) is 14.9. The Bertz CT molecular complexity index is 1620. The van der Waals surface area contributed by atoms with Gasteiger partial charge in [0.25, 0.3) is 0 Å². The van der Waals surface area contributed by atoms with Crippen molar-refractivity contribution in [3.63, 3.8) is 0 Å². The number of pyridine rings is 1. The van der Waals surface area contributed by atoms with E-state index in [1.807, 2.05) is 4.90 Å². The second-order valence-corrected chi connectivity index (χ2v) is 9.51. The van der Waals surface area contributed by atoms with Crippen LogP contribution in [0.4, 0.5) is 25.0 Å². The molecule has 0 radical (unpaired) electrons.